The molecule has 0 saturated carbocycles. The van der Waals surface area contributed by atoms with Crippen molar-refractivity contribution in [3.8, 4) is 0 Å². The normalized spacial score (nSPS) is 10.6. The van der Waals surface area contributed by atoms with Gasteiger partial charge in [-0.1, -0.05) is 6.92 Å². The number of aryl methyl sites for hydroxylation is 1. The van der Waals surface area contributed by atoms with Gasteiger partial charge >= 0.3 is 0 Å². The van der Waals surface area contributed by atoms with Crippen molar-refractivity contribution in [1.82, 2.24) is 4.98 Å². The predicted octanol–water partition coefficient (Wildman–Crippen LogP) is 2.64. The molecule has 0 saturated heterocycles. The van der Waals surface area contributed by atoms with E-state index in [9.17, 15) is 10.1 Å². The van der Waals surface area contributed by atoms with Gasteiger partial charge < -0.3 is 4.98 Å². The van der Waals surface area contributed by atoms with Crippen LogP contribution in [-0.2, 0) is 6.42 Å². The summed E-state index contributed by atoms with van der Waals surface area (Å²) in [6, 6.07) is 5.29. The summed E-state index contributed by atoms with van der Waals surface area (Å²) in [6.07, 6.45) is 2.46. The highest BCUT2D eigenvalue weighted by atomic mass is 16.6. The lowest BCUT2D eigenvalue weighted by Gasteiger charge is -1.99. The van der Waals surface area contributed by atoms with Crippen molar-refractivity contribution in [2.24, 2.45) is 0 Å². The summed E-state index contributed by atoms with van der Waals surface area (Å²) in [5.41, 5.74) is 1.93. The first kappa shape index (κ1) is 8.74. The number of aromatic amines is 1. The van der Waals surface area contributed by atoms with Crippen LogP contribution in [0.25, 0.3) is 10.9 Å². The Kier molecular flexibility index (Phi) is 1.96. The monoisotopic (exact) mass is 190 g/mol. The number of hydrogen-bond donors (Lipinski definition) is 1. The van der Waals surface area contributed by atoms with Crippen LogP contribution in [0.15, 0.2) is 24.4 Å². The summed E-state index contributed by atoms with van der Waals surface area (Å²) in [5, 5.41) is 11.6. The van der Waals surface area contributed by atoms with Gasteiger partial charge in [0.2, 0.25) is 0 Å². The minimum atomic E-state index is -0.328. The van der Waals surface area contributed by atoms with Gasteiger partial charge in [0.1, 0.15) is 0 Å². The maximum atomic E-state index is 10.7. The molecule has 0 aliphatic rings. The van der Waals surface area contributed by atoms with E-state index in [4.69, 9.17) is 0 Å². The fraction of sp³-hybridized carbons (Fsp3) is 0.200. The highest BCUT2D eigenvalue weighted by molar-refractivity contribution is 5.83. The van der Waals surface area contributed by atoms with Crippen LogP contribution in [0.5, 0.6) is 0 Å². The molecule has 0 aliphatic heterocycles. The van der Waals surface area contributed by atoms with Crippen molar-refractivity contribution in [1.29, 1.82) is 0 Å². The van der Waals surface area contributed by atoms with Crippen LogP contribution in [0.2, 0.25) is 0 Å². The van der Waals surface area contributed by atoms with Gasteiger partial charge in [0.15, 0.2) is 0 Å². The number of hydrogen-bond acceptors (Lipinski definition) is 2. The Morgan fingerprint density at radius 1 is 1.50 bits per heavy atom. The molecule has 0 bridgehead atoms. The Balaban J connectivity index is 2.72. The van der Waals surface area contributed by atoms with Crippen molar-refractivity contribution in [3.05, 3.63) is 40.1 Å². The highest BCUT2D eigenvalue weighted by Crippen LogP contribution is 2.25. The number of nitrogens with zero attached hydrogens (tertiary/aromatic N) is 1. The molecule has 0 atom stereocenters. The molecule has 2 aromatic rings. The molecule has 1 aromatic carbocycles. The van der Waals surface area contributed by atoms with Crippen LogP contribution in [-0.4, -0.2) is 9.91 Å². The van der Waals surface area contributed by atoms with Crippen LogP contribution in [0.3, 0.4) is 0 Å². The van der Waals surface area contributed by atoms with Crippen LogP contribution in [0, 0.1) is 10.1 Å². The average Bonchev–Trinajstić information content (AvgIpc) is 2.62. The zero-order valence-corrected chi connectivity index (χ0v) is 7.78. The third-order valence-corrected chi connectivity index (χ3v) is 2.33. The fourth-order valence-corrected chi connectivity index (χ4v) is 1.59. The number of nitro benzene ring substituents is 1. The van der Waals surface area contributed by atoms with E-state index < -0.39 is 0 Å². The summed E-state index contributed by atoms with van der Waals surface area (Å²) < 4.78 is 0. The lowest BCUT2D eigenvalue weighted by Crippen LogP contribution is -1.93. The standard InChI is InChI=1S/C10H10N2O2/c1-2-7-5-9-8(3-4-11-9)6-10(7)12(13)14/h3-6,11H,2H2,1H3. The maximum absolute atomic E-state index is 10.7. The Morgan fingerprint density at radius 2 is 2.29 bits per heavy atom. The first-order valence-corrected chi connectivity index (χ1v) is 4.46. The first-order chi connectivity index (χ1) is 6.72. The molecule has 0 amide bonds. The molecule has 1 heterocycles. The van der Waals surface area contributed by atoms with Crippen LogP contribution in [0.4, 0.5) is 5.69 Å². The van der Waals surface area contributed by atoms with Crippen LogP contribution in [0.1, 0.15) is 12.5 Å². The number of rotatable bonds is 2. The Hall–Kier alpha value is -1.84. The molecule has 0 unspecified atom stereocenters. The lowest BCUT2D eigenvalue weighted by molar-refractivity contribution is -0.385. The van der Waals surface area contributed by atoms with Gasteiger partial charge in [-0.2, -0.15) is 0 Å². The van der Waals surface area contributed by atoms with Gasteiger partial charge in [0.05, 0.1) is 4.92 Å². The van der Waals surface area contributed by atoms with Gasteiger partial charge in [-0.15, -0.1) is 0 Å². The molecule has 72 valence electrons. The molecule has 14 heavy (non-hydrogen) atoms. The second kappa shape index (κ2) is 3.14. The number of nitro groups is 1. The topological polar surface area (TPSA) is 58.9 Å². The van der Waals surface area contributed by atoms with Crippen molar-refractivity contribution >= 4 is 16.6 Å². The minimum absolute atomic E-state index is 0.208. The van der Waals surface area contributed by atoms with Gasteiger partial charge in [0.25, 0.3) is 5.69 Å². The van der Waals surface area contributed by atoms with E-state index in [2.05, 4.69) is 4.98 Å². The Morgan fingerprint density at radius 3 is 2.93 bits per heavy atom. The zero-order chi connectivity index (χ0) is 10.1. The largest absolute Gasteiger partial charge is 0.361 e. The minimum Gasteiger partial charge on any atom is -0.361 e. The summed E-state index contributed by atoms with van der Waals surface area (Å²) in [6.45, 7) is 1.91. The van der Waals surface area contributed by atoms with E-state index >= 15 is 0 Å². The van der Waals surface area contributed by atoms with Gasteiger partial charge in [-0.25, -0.2) is 0 Å². The van der Waals surface area contributed by atoms with E-state index in [1.807, 2.05) is 19.1 Å². The molecule has 2 rings (SSSR count). The maximum Gasteiger partial charge on any atom is 0.273 e. The zero-order valence-electron chi connectivity index (χ0n) is 7.78. The van der Waals surface area contributed by atoms with Crippen molar-refractivity contribution in [2.75, 3.05) is 0 Å². The Bertz CT molecular complexity index is 488. The van der Waals surface area contributed by atoms with E-state index in [1.165, 1.54) is 0 Å². The van der Waals surface area contributed by atoms with Crippen LogP contribution >= 0.6 is 0 Å². The molecule has 0 spiro atoms. The summed E-state index contributed by atoms with van der Waals surface area (Å²) in [7, 11) is 0. The lowest BCUT2D eigenvalue weighted by atomic mass is 10.1. The molecule has 0 radical (unpaired) electrons. The average molecular weight is 190 g/mol. The molecule has 0 aliphatic carbocycles. The second-order valence-electron chi connectivity index (χ2n) is 3.16. The fourth-order valence-electron chi connectivity index (χ4n) is 1.59. The third kappa shape index (κ3) is 1.25. The predicted molar refractivity (Wildman–Crippen MR) is 54.3 cm³/mol. The van der Waals surface area contributed by atoms with Crippen molar-refractivity contribution in [3.63, 3.8) is 0 Å². The van der Waals surface area contributed by atoms with E-state index in [-0.39, 0.29) is 10.6 Å². The van der Waals surface area contributed by atoms with Gasteiger partial charge in [-0.3, -0.25) is 10.1 Å². The number of aromatic nitrogens is 1. The van der Waals surface area contributed by atoms with E-state index in [0.717, 1.165) is 16.5 Å². The third-order valence-electron chi connectivity index (χ3n) is 2.33. The number of H-pyrrole nitrogens is 1. The van der Waals surface area contributed by atoms with E-state index in [1.54, 1.807) is 12.3 Å². The number of nitrogens with one attached hydrogen (secondary N) is 1. The smallest absolute Gasteiger partial charge is 0.273 e. The number of fused-ring (bicyclic) bond motifs is 1. The quantitative estimate of drug-likeness (QED) is 0.584. The molecular formula is C10H10N2O2. The van der Waals surface area contributed by atoms with Crippen LogP contribution < -0.4 is 0 Å². The summed E-state index contributed by atoms with van der Waals surface area (Å²) in [5.74, 6) is 0. The van der Waals surface area contributed by atoms with E-state index in [0.29, 0.717) is 6.42 Å². The summed E-state index contributed by atoms with van der Waals surface area (Å²) >= 11 is 0. The van der Waals surface area contributed by atoms with Gasteiger partial charge in [-0.05, 0) is 18.6 Å². The molecular weight excluding hydrogens is 180 g/mol. The highest BCUT2D eigenvalue weighted by Gasteiger charge is 2.13. The Labute approximate surface area is 80.7 Å². The molecule has 0 fully saturated rings. The van der Waals surface area contributed by atoms with Crippen molar-refractivity contribution in [2.45, 2.75) is 13.3 Å². The first-order valence-electron chi connectivity index (χ1n) is 4.46. The van der Waals surface area contributed by atoms with Gasteiger partial charge in [0, 0.05) is 28.7 Å². The molecule has 1 N–H and O–H groups in total. The number of benzene rings is 1. The SMILES string of the molecule is CCc1cc2[nH]ccc2cc1[N+](=O)[O-]. The molecule has 4 heteroatoms. The molecule has 1 aromatic heterocycles. The molecule has 4 nitrogen and oxygen atoms in total. The second-order valence-corrected chi connectivity index (χ2v) is 3.16. The van der Waals surface area contributed by atoms with Crippen molar-refractivity contribution < 1.29 is 4.92 Å². The summed E-state index contributed by atoms with van der Waals surface area (Å²) in [4.78, 5) is 13.5.